The Labute approximate surface area is 177 Å². The fraction of sp³-hybridized carbons (Fsp3) is 0.174. The number of furan rings is 1. The normalized spacial score (nSPS) is 10.9. The number of halogens is 1. The van der Waals surface area contributed by atoms with Gasteiger partial charge in [0, 0.05) is 6.54 Å². The van der Waals surface area contributed by atoms with E-state index < -0.39 is 11.8 Å². The van der Waals surface area contributed by atoms with Gasteiger partial charge in [-0.2, -0.15) is 0 Å². The summed E-state index contributed by atoms with van der Waals surface area (Å²) in [4.78, 5) is 32.0. The molecule has 158 valence electrons. The van der Waals surface area contributed by atoms with Crippen LogP contribution in [0.2, 0.25) is 0 Å². The average molecular weight is 421 g/mol. The van der Waals surface area contributed by atoms with Gasteiger partial charge in [0.1, 0.15) is 11.6 Å². The van der Waals surface area contributed by atoms with E-state index in [-0.39, 0.29) is 5.56 Å². The summed E-state index contributed by atoms with van der Waals surface area (Å²) in [5, 5.41) is 0.328. The molecule has 0 N–H and O–H groups in total. The number of hydrogen-bond acceptors (Lipinski definition) is 6. The molecule has 7 nitrogen and oxygen atoms in total. The second kappa shape index (κ2) is 8.43. The number of ether oxygens (including phenoxy) is 1. The molecule has 0 aliphatic carbocycles. The van der Waals surface area contributed by atoms with Gasteiger partial charge in [-0.15, -0.1) is 0 Å². The fourth-order valence-electron chi connectivity index (χ4n) is 3.37. The molecule has 0 unspecified atom stereocenters. The van der Waals surface area contributed by atoms with Crippen LogP contribution in [0.1, 0.15) is 23.0 Å². The van der Waals surface area contributed by atoms with E-state index in [1.165, 1.54) is 48.1 Å². The van der Waals surface area contributed by atoms with Crippen molar-refractivity contribution in [2.45, 2.75) is 13.5 Å². The predicted octanol–water partition coefficient (Wildman–Crippen LogP) is 3.93. The van der Waals surface area contributed by atoms with Crippen LogP contribution in [-0.4, -0.2) is 29.2 Å². The number of esters is 1. The monoisotopic (exact) mass is 421 g/mol. The first kappa shape index (κ1) is 20.3. The molecule has 0 amide bonds. The lowest BCUT2D eigenvalue weighted by Gasteiger charge is -2.25. The van der Waals surface area contributed by atoms with E-state index in [1.54, 1.807) is 18.4 Å². The highest BCUT2D eigenvalue weighted by Crippen LogP contribution is 2.22. The van der Waals surface area contributed by atoms with Gasteiger partial charge in [-0.3, -0.25) is 4.79 Å². The number of aromatic nitrogens is 2. The van der Waals surface area contributed by atoms with E-state index in [4.69, 9.17) is 14.1 Å². The number of carbonyl (C=O) groups excluding carboxylic acids is 1. The van der Waals surface area contributed by atoms with E-state index in [0.717, 1.165) is 0 Å². The number of hydrogen-bond donors (Lipinski definition) is 0. The molecule has 0 saturated carbocycles. The number of nitrogens with zero attached hydrogens (tertiary/aromatic N) is 3. The van der Waals surface area contributed by atoms with Crippen molar-refractivity contribution in [3.8, 4) is 5.69 Å². The van der Waals surface area contributed by atoms with Crippen molar-refractivity contribution in [1.82, 2.24) is 9.55 Å². The molecule has 0 spiro atoms. The zero-order chi connectivity index (χ0) is 22.0. The van der Waals surface area contributed by atoms with Crippen molar-refractivity contribution < 1.29 is 18.3 Å². The second-order valence-corrected chi connectivity index (χ2v) is 6.85. The first-order chi connectivity index (χ1) is 15.0. The molecule has 0 radical (unpaired) electrons. The fourth-order valence-corrected chi connectivity index (χ4v) is 3.37. The maximum absolute atomic E-state index is 13.5. The minimum absolute atomic E-state index is 0.293. The number of fused-ring (bicyclic) bond motifs is 1. The number of anilines is 1. The van der Waals surface area contributed by atoms with Crippen molar-refractivity contribution in [3.05, 3.63) is 88.4 Å². The van der Waals surface area contributed by atoms with Gasteiger partial charge in [0.05, 0.1) is 42.1 Å². The highest BCUT2D eigenvalue weighted by atomic mass is 19.1. The van der Waals surface area contributed by atoms with Crippen molar-refractivity contribution >= 4 is 22.8 Å². The van der Waals surface area contributed by atoms with Crippen LogP contribution in [0, 0.1) is 5.82 Å². The standard InChI is InChI=1S/C23H20FN3O4/c1-3-26(14-18-5-4-12-31-18)23-25-20-13-15(22(29)30-2)6-11-19(20)21(28)27(23)17-9-7-16(24)8-10-17/h4-13H,3,14H2,1-2H3. The quantitative estimate of drug-likeness (QED) is 0.439. The molecule has 4 aromatic rings. The molecule has 2 aromatic heterocycles. The van der Waals surface area contributed by atoms with Gasteiger partial charge in [-0.1, -0.05) is 0 Å². The number of benzene rings is 2. The second-order valence-electron chi connectivity index (χ2n) is 6.85. The van der Waals surface area contributed by atoms with E-state index in [9.17, 15) is 14.0 Å². The number of methoxy groups -OCH3 is 1. The third-order valence-electron chi connectivity index (χ3n) is 4.95. The van der Waals surface area contributed by atoms with Gasteiger partial charge in [0.2, 0.25) is 5.95 Å². The summed E-state index contributed by atoms with van der Waals surface area (Å²) in [5.41, 5.74) is 0.798. The lowest BCUT2D eigenvalue weighted by molar-refractivity contribution is 0.0601. The summed E-state index contributed by atoms with van der Waals surface area (Å²) in [7, 11) is 1.29. The largest absolute Gasteiger partial charge is 0.467 e. The molecule has 31 heavy (non-hydrogen) atoms. The van der Waals surface area contributed by atoms with Crippen molar-refractivity contribution in [3.63, 3.8) is 0 Å². The number of rotatable bonds is 6. The molecule has 0 fully saturated rings. The Morgan fingerprint density at radius 1 is 1.19 bits per heavy atom. The first-order valence-corrected chi connectivity index (χ1v) is 9.70. The maximum Gasteiger partial charge on any atom is 0.337 e. The average Bonchev–Trinajstić information content (AvgIpc) is 3.30. The summed E-state index contributed by atoms with van der Waals surface area (Å²) in [6, 6.07) is 13.8. The van der Waals surface area contributed by atoms with E-state index in [2.05, 4.69) is 0 Å². The smallest absolute Gasteiger partial charge is 0.337 e. The topological polar surface area (TPSA) is 77.6 Å². The van der Waals surface area contributed by atoms with Crippen LogP contribution in [0.25, 0.3) is 16.6 Å². The van der Waals surface area contributed by atoms with Crippen molar-refractivity contribution in [2.75, 3.05) is 18.6 Å². The molecule has 2 heterocycles. The highest BCUT2D eigenvalue weighted by molar-refractivity contribution is 5.94. The maximum atomic E-state index is 13.5. The van der Waals surface area contributed by atoms with Gasteiger partial charge in [-0.25, -0.2) is 18.7 Å². The van der Waals surface area contributed by atoms with Crippen LogP contribution in [-0.2, 0) is 11.3 Å². The summed E-state index contributed by atoms with van der Waals surface area (Å²) >= 11 is 0. The van der Waals surface area contributed by atoms with Gasteiger partial charge in [0.25, 0.3) is 5.56 Å². The zero-order valence-corrected chi connectivity index (χ0v) is 17.0. The van der Waals surface area contributed by atoms with Crippen LogP contribution >= 0.6 is 0 Å². The van der Waals surface area contributed by atoms with Crippen molar-refractivity contribution in [2.24, 2.45) is 0 Å². The molecule has 0 aliphatic heterocycles. The molecule has 0 atom stereocenters. The Morgan fingerprint density at radius 2 is 1.97 bits per heavy atom. The summed E-state index contributed by atoms with van der Waals surface area (Å²) < 4.78 is 25.2. The lowest BCUT2D eigenvalue weighted by atomic mass is 10.1. The Kier molecular flexibility index (Phi) is 5.53. The number of carbonyl (C=O) groups is 1. The summed E-state index contributed by atoms with van der Waals surface area (Å²) in [6.45, 7) is 2.83. The Balaban J connectivity index is 1.96. The van der Waals surface area contributed by atoms with E-state index in [1.807, 2.05) is 17.9 Å². The first-order valence-electron chi connectivity index (χ1n) is 9.70. The SMILES string of the molecule is CCN(Cc1ccco1)c1nc2cc(C(=O)OC)ccc2c(=O)n1-c1ccc(F)cc1. The van der Waals surface area contributed by atoms with Gasteiger partial charge in [0.15, 0.2) is 0 Å². The zero-order valence-electron chi connectivity index (χ0n) is 17.0. The molecule has 0 saturated heterocycles. The molecule has 4 rings (SSSR count). The summed E-state index contributed by atoms with van der Waals surface area (Å²) in [5.74, 6) is 0.129. The molecule has 0 bridgehead atoms. The minimum atomic E-state index is -0.518. The Bertz CT molecular complexity index is 1280. The Hall–Kier alpha value is -3.94. The van der Waals surface area contributed by atoms with Crippen LogP contribution in [0.4, 0.5) is 10.3 Å². The van der Waals surface area contributed by atoms with Crippen LogP contribution < -0.4 is 10.5 Å². The van der Waals surface area contributed by atoms with Gasteiger partial charge >= 0.3 is 5.97 Å². The predicted molar refractivity (Wildman–Crippen MR) is 114 cm³/mol. The van der Waals surface area contributed by atoms with E-state index >= 15 is 0 Å². The Morgan fingerprint density at radius 3 is 2.61 bits per heavy atom. The van der Waals surface area contributed by atoms with Crippen LogP contribution in [0.3, 0.4) is 0 Å². The minimum Gasteiger partial charge on any atom is -0.467 e. The molecular weight excluding hydrogens is 401 g/mol. The highest BCUT2D eigenvalue weighted by Gasteiger charge is 2.20. The lowest BCUT2D eigenvalue weighted by Crippen LogP contribution is -2.32. The van der Waals surface area contributed by atoms with Gasteiger partial charge in [-0.05, 0) is 61.5 Å². The van der Waals surface area contributed by atoms with Crippen LogP contribution in [0.15, 0.2) is 70.1 Å². The van der Waals surface area contributed by atoms with Crippen molar-refractivity contribution in [1.29, 1.82) is 0 Å². The summed E-state index contributed by atoms with van der Waals surface area (Å²) in [6.07, 6.45) is 1.58. The van der Waals surface area contributed by atoms with Crippen LogP contribution in [0.5, 0.6) is 0 Å². The molecular formula is C23H20FN3O4. The third kappa shape index (κ3) is 3.92. The van der Waals surface area contributed by atoms with Gasteiger partial charge < -0.3 is 14.1 Å². The third-order valence-corrected chi connectivity index (χ3v) is 4.95. The van der Waals surface area contributed by atoms with E-state index in [0.29, 0.717) is 47.0 Å². The molecule has 8 heteroatoms. The molecule has 0 aliphatic rings. The molecule has 2 aromatic carbocycles.